The van der Waals surface area contributed by atoms with Crippen LogP contribution in [0.5, 0.6) is 5.75 Å². The van der Waals surface area contributed by atoms with Crippen molar-refractivity contribution in [2.45, 2.75) is 0 Å². The molecule has 0 saturated carbocycles. The highest BCUT2D eigenvalue weighted by atomic mass is 32.1. The van der Waals surface area contributed by atoms with Gasteiger partial charge in [-0.2, -0.15) is 0 Å². The zero-order valence-electron chi connectivity index (χ0n) is 12.2. The number of methoxy groups -OCH3 is 1. The number of nitrogens with two attached hydrogens (primary N) is 1. The third-order valence-corrected chi connectivity index (χ3v) is 4.50. The maximum Gasteiger partial charge on any atom is 0.260 e. The first kappa shape index (κ1) is 13.7. The molecule has 0 aliphatic heterocycles. The molecule has 7 heteroatoms. The largest absolute Gasteiger partial charge is 0.497 e. The normalized spacial score (nSPS) is 11.2. The van der Waals surface area contributed by atoms with Gasteiger partial charge >= 0.3 is 0 Å². The summed E-state index contributed by atoms with van der Waals surface area (Å²) in [5.74, 6) is 1.20. The van der Waals surface area contributed by atoms with Crippen molar-refractivity contribution in [2.75, 3.05) is 12.8 Å². The van der Waals surface area contributed by atoms with Crippen LogP contribution in [0.1, 0.15) is 0 Å². The van der Waals surface area contributed by atoms with Crippen LogP contribution in [0.25, 0.3) is 32.5 Å². The van der Waals surface area contributed by atoms with Crippen LogP contribution in [-0.2, 0) is 0 Å². The van der Waals surface area contributed by atoms with Gasteiger partial charge in [-0.05, 0) is 24.3 Å². The minimum Gasteiger partial charge on any atom is -0.497 e. The summed E-state index contributed by atoms with van der Waals surface area (Å²) < 4.78 is 5.97. The van der Waals surface area contributed by atoms with Crippen LogP contribution in [0, 0.1) is 0 Å². The van der Waals surface area contributed by atoms with Crippen LogP contribution in [0.4, 0.5) is 5.13 Å². The second kappa shape index (κ2) is 5.06. The molecular weight excluding hydrogens is 312 g/mol. The van der Waals surface area contributed by atoms with Gasteiger partial charge in [-0.3, -0.25) is 4.79 Å². The number of anilines is 1. The van der Waals surface area contributed by atoms with Gasteiger partial charge in [0.05, 0.1) is 28.2 Å². The first-order valence-corrected chi connectivity index (χ1v) is 7.71. The number of thiazole rings is 1. The highest BCUT2D eigenvalue weighted by molar-refractivity contribution is 7.22. The van der Waals surface area contributed by atoms with Crippen molar-refractivity contribution in [1.29, 1.82) is 0 Å². The molecule has 0 bridgehead atoms. The van der Waals surface area contributed by atoms with E-state index in [1.807, 2.05) is 30.3 Å². The van der Waals surface area contributed by atoms with Crippen LogP contribution in [0.15, 0.2) is 41.2 Å². The zero-order chi connectivity index (χ0) is 16.0. The number of rotatable bonds is 2. The molecule has 4 aromatic rings. The summed E-state index contributed by atoms with van der Waals surface area (Å²) in [6.45, 7) is 0. The maximum atomic E-state index is 12.6. The molecule has 0 spiro atoms. The fourth-order valence-corrected chi connectivity index (χ4v) is 3.41. The van der Waals surface area contributed by atoms with E-state index in [1.165, 1.54) is 11.3 Å². The summed E-state index contributed by atoms with van der Waals surface area (Å²) in [5, 5.41) is 0.951. The lowest BCUT2D eigenvalue weighted by Gasteiger charge is -2.05. The van der Waals surface area contributed by atoms with E-state index in [0.717, 1.165) is 10.3 Å². The maximum absolute atomic E-state index is 12.6. The van der Waals surface area contributed by atoms with Gasteiger partial charge in [-0.15, -0.1) is 0 Å². The van der Waals surface area contributed by atoms with E-state index in [9.17, 15) is 4.79 Å². The summed E-state index contributed by atoms with van der Waals surface area (Å²) in [6, 6.07) is 11.0. The monoisotopic (exact) mass is 324 g/mol. The average Bonchev–Trinajstić information content (AvgIpc) is 2.94. The van der Waals surface area contributed by atoms with E-state index in [4.69, 9.17) is 10.5 Å². The molecule has 4 rings (SSSR count). The summed E-state index contributed by atoms with van der Waals surface area (Å²) in [6.07, 6.45) is 0. The number of hydrogen-bond donors (Lipinski definition) is 2. The van der Waals surface area contributed by atoms with E-state index in [-0.39, 0.29) is 5.56 Å². The molecule has 0 unspecified atom stereocenters. The minimum atomic E-state index is -0.206. The highest BCUT2D eigenvalue weighted by Crippen LogP contribution is 2.29. The molecule has 114 valence electrons. The van der Waals surface area contributed by atoms with Gasteiger partial charge in [-0.25, -0.2) is 9.97 Å². The quantitative estimate of drug-likeness (QED) is 0.591. The summed E-state index contributed by atoms with van der Waals surface area (Å²) in [4.78, 5) is 24.2. The number of nitrogens with zero attached hydrogens (tertiary/aromatic N) is 2. The molecule has 23 heavy (non-hydrogen) atoms. The van der Waals surface area contributed by atoms with Gasteiger partial charge in [-0.1, -0.05) is 23.5 Å². The Kier molecular flexibility index (Phi) is 3.02. The van der Waals surface area contributed by atoms with Crippen LogP contribution >= 0.6 is 11.3 Å². The number of hydrogen-bond acceptors (Lipinski definition) is 6. The fraction of sp³-hybridized carbons (Fsp3) is 0.0625. The van der Waals surface area contributed by atoms with Gasteiger partial charge < -0.3 is 15.5 Å². The van der Waals surface area contributed by atoms with Crippen molar-refractivity contribution >= 4 is 37.6 Å². The first-order valence-electron chi connectivity index (χ1n) is 6.89. The van der Waals surface area contributed by atoms with Crippen molar-refractivity contribution in [3.05, 3.63) is 46.8 Å². The van der Waals surface area contributed by atoms with Gasteiger partial charge in [0.2, 0.25) is 0 Å². The van der Waals surface area contributed by atoms with Crippen molar-refractivity contribution in [2.24, 2.45) is 0 Å². The van der Waals surface area contributed by atoms with Gasteiger partial charge in [0, 0.05) is 5.56 Å². The Hall–Kier alpha value is -2.93. The lowest BCUT2D eigenvalue weighted by Crippen LogP contribution is -2.09. The van der Waals surface area contributed by atoms with E-state index in [1.54, 1.807) is 13.2 Å². The van der Waals surface area contributed by atoms with E-state index < -0.39 is 0 Å². The highest BCUT2D eigenvalue weighted by Gasteiger charge is 2.12. The fourth-order valence-electron chi connectivity index (χ4n) is 2.54. The van der Waals surface area contributed by atoms with Gasteiger partial charge in [0.1, 0.15) is 11.6 Å². The zero-order valence-corrected chi connectivity index (χ0v) is 13.0. The van der Waals surface area contributed by atoms with Crippen molar-refractivity contribution in [3.63, 3.8) is 0 Å². The molecule has 0 amide bonds. The van der Waals surface area contributed by atoms with Crippen LogP contribution in [0.2, 0.25) is 0 Å². The number of nitrogen functional groups attached to an aromatic ring is 1. The molecule has 3 N–H and O–H groups in total. The van der Waals surface area contributed by atoms with Crippen molar-refractivity contribution in [3.8, 4) is 17.1 Å². The molecule has 0 aliphatic carbocycles. The number of H-pyrrole nitrogens is 1. The summed E-state index contributed by atoms with van der Waals surface area (Å²) >= 11 is 1.29. The standard InChI is InChI=1S/C16H12N4O2S/c1-22-9-4-2-3-8(7-9)14-18-10-5-6-11-13(23-16(17)19-11)12(10)15(21)20-14/h2-7H,1H3,(H2,17,19)(H,18,20,21). The second-order valence-corrected chi connectivity index (χ2v) is 6.04. The number of aromatic amines is 1. The van der Waals surface area contributed by atoms with Gasteiger partial charge in [0.25, 0.3) is 5.56 Å². The van der Waals surface area contributed by atoms with E-state index in [2.05, 4.69) is 15.0 Å². The van der Waals surface area contributed by atoms with E-state index in [0.29, 0.717) is 33.1 Å². The Bertz CT molecular complexity index is 1100. The molecule has 2 aromatic carbocycles. The van der Waals surface area contributed by atoms with Crippen molar-refractivity contribution < 1.29 is 4.74 Å². The molecule has 0 saturated heterocycles. The van der Waals surface area contributed by atoms with Crippen molar-refractivity contribution in [1.82, 2.24) is 15.0 Å². The molecule has 0 aliphatic rings. The molecular formula is C16H12N4O2S. The Labute approximate surface area is 134 Å². The first-order chi connectivity index (χ1) is 11.2. The Morgan fingerprint density at radius 3 is 2.83 bits per heavy atom. The van der Waals surface area contributed by atoms with Gasteiger partial charge in [0.15, 0.2) is 5.13 Å². The van der Waals surface area contributed by atoms with E-state index >= 15 is 0 Å². The molecule has 2 aromatic heterocycles. The summed E-state index contributed by atoms with van der Waals surface area (Å²) in [7, 11) is 1.60. The number of fused-ring (bicyclic) bond motifs is 3. The molecule has 0 radical (unpaired) electrons. The molecule has 6 nitrogen and oxygen atoms in total. The van der Waals surface area contributed by atoms with Crippen LogP contribution in [0.3, 0.4) is 0 Å². The Balaban J connectivity index is 2.00. The predicted molar refractivity (Wildman–Crippen MR) is 91.9 cm³/mol. The second-order valence-electron chi connectivity index (χ2n) is 5.01. The molecule has 2 heterocycles. The number of ether oxygens (including phenoxy) is 1. The molecule has 0 atom stereocenters. The lowest BCUT2D eigenvalue weighted by molar-refractivity contribution is 0.415. The number of benzene rings is 2. The topological polar surface area (TPSA) is 93.9 Å². The predicted octanol–water partition coefficient (Wildman–Crippen LogP) is 2.79. The minimum absolute atomic E-state index is 0.206. The van der Waals surface area contributed by atoms with Crippen LogP contribution in [-0.4, -0.2) is 22.1 Å². The molecule has 0 fully saturated rings. The number of nitrogens with one attached hydrogen (secondary N) is 1. The third-order valence-electron chi connectivity index (χ3n) is 3.59. The smallest absolute Gasteiger partial charge is 0.260 e. The third kappa shape index (κ3) is 2.22. The average molecular weight is 324 g/mol. The Morgan fingerprint density at radius 1 is 1.17 bits per heavy atom. The summed E-state index contributed by atoms with van der Waals surface area (Å²) in [5.41, 5.74) is 7.65. The lowest BCUT2D eigenvalue weighted by atomic mass is 10.2. The van der Waals surface area contributed by atoms with Crippen LogP contribution < -0.4 is 16.0 Å². The Morgan fingerprint density at radius 2 is 2.00 bits per heavy atom. The SMILES string of the molecule is COc1cccc(-c2nc3ccc4nc(N)sc4c3c(=O)[nH]2)c1. The number of aromatic nitrogens is 3.